The molecule has 2 aromatic carbocycles. The molecule has 31 heavy (non-hydrogen) atoms. The van der Waals surface area contributed by atoms with E-state index >= 15 is 0 Å². The molecule has 0 saturated carbocycles. The highest BCUT2D eigenvalue weighted by molar-refractivity contribution is 6.32. The van der Waals surface area contributed by atoms with Gasteiger partial charge in [-0.2, -0.15) is 13.2 Å². The topological polar surface area (TPSA) is 32.3 Å². The number of benzene rings is 2. The van der Waals surface area contributed by atoms with Crippen LogP contribution in [0.1, 0.15) is 37.0 Å². The Morgan fingerprint density at radius 3 is 2.35 bits per heavy atom. The van der Waals surface area contributed by atoms with Crippen LogP contribution in [0.15, 0.2) is 42.5 Å². The molecule has 0 aliphatic carbocycles. The summed E-state index contributed by atoms with van der Waals surface area (Å²) in [6.07, 6.45) is -0.0684. The second kappa shape index (κ2) is 11.6. The van der Waals surface area contributed by atoms with Gasteiger partial charge in [0.1, 0.15) is 0 Å². The first-order chi connectivity index (χ1) is 14.6. The van der Waals surface area contributed by atoms with Crippen LogP contribution in [-0.4, -0.2) is 30.4 Å². The van der Waals surface area contributed by atoms with Crippen LogP contribution in [-0.2, 0) is 17.4 Å². The molecular formula is C23H25Cl2F3N2O. The Hall–Kier alpha value is -2.02. The Morgan fingerprint density at radius 2 is 1.77 bits per heavy atom. The zero-order valence-corrected chi connectivity index (χ0v) is 18.9. The number of halogens is 5. The van der Waals surface area contributed by atoms with Crippen LogP contribution in [0, 0.1) is 0 Å². The molecule has 2 aromatic rings. The maximum atomic E-state index is 12.7. The molecular weight excluding hydrogens is 448 g/mol. The number of carbonyl (C=O) groups excluding carboxylic acids is 1. The van der Waals surface area contributed by atoms with Gasteiger partial charge in [-0.25, -0.2) is 0 Å². The summed E-state index contributed by atoms with van der Waals surface area (Å²) in [6, 6.07) is 8.32. The quantitative estimate of drug-likeness (QED) is 0.400. The lowest BCUT2D eigenvalue weighted by molar-refractivity contribution is -0.137. The van der Waals surface area contributed by atoms with Crippen molar-refractivity contribution in [2.24, 2.45) is 0 Å². The lowest BCUT2D eigenvalue weighted by atomic mass is 10.1. The smallest absolute Gasteiger partial charge is 0.322 e. The summed E-state index contributed by atoms with van der Waals surface area (Å²) >= 11 is 12.2. The summed E-state index contributed by atoms with van der Waals surface area (Å²) in [5.74, 6) is -0.443. The minimum Gasteiger partial charge on any atom is -0.322 e. The number of alkyl halides is 3. The Bertz CT molecular complexity index is 926. The van der Waals surface area contributed by atoms with E-state index in [0.29, 0.717) is 16.3 Å². The third-order valence-corrected chi connectivity index (χ3v) is 5.56. The van der Waals surface area contributed by atoms with Crippen molar-refractivity contribution < 1.29 is 18.0 Å². The van der Waals surface area contributed by atoms with E-state index < -0.39 is 17.6 Å². The van der Waals surface area contributed by atoms with Crippen LogP contribution >= 0.6 is 23.2 Å². The van der Waals surface area contributed by atoms with Crippen molar-refractivity contribution >= 4 is 40.9 Å². The molecule has 2 rings (SSSR count). The van der Waals surface area contributed by atoms with Crippen molar-refractivity contribution in [3.8, 4) is 0 Å². The van der Waals surface area contributed by atoms with Gasteiger partial charge < -0.3 is 10.2 Å². The first kappa shape index (κ1) is 25.2. The zero-order chi connectivity index (χ0) is 23.0. The minimum atomic E-state index is -4.47. The number of nitrogens with zero attached hydrogens (tertiary/aromatic N) is 1. The van der Waals surface area contributed by atoms with Gasteiger partial charge in [0, 0.05) is 21.8 Å². The predicted octanol–water partition coefficient (Wildman–Crippen LogP) is 6.94. The summed E-state index contributed by atoms with van der Waals surface area (Å²) in [4.78, 5) is 14.5. The number of nitrogens with one attached hydrogen (secondary N) is 1. The van der Waals surface area contributed by atoms with E-state index in [1.165, 1.54) is 18.2 Å². The molecule has 0 unspecified atom stereocenters. The van der Waals surface area contributed by atoms with Crippen molar-refractivity contribution in [1.82, 2.24) is 4.90 Å². The Morgan fingerprint density at radius 1 is 1.06 bits per heavy atom. The normalized spacial score (nSPS) is 12.0. The number of hydrogen-bond donors (Lipinski definition) is 1. The molecule has 8 heteroatoms. The van der Waals surface area contributed by atoms with Crippen LogP contribution in [0.3, 0.4) is 0 Å². The second-order valence-electron chi connectivity index (χ2n) is 6.99. The molecule has 0 fully saturated rings. The number of amides is 1. The molecule has 0 spiro atoms. The number of carbonyl (C=O) groups is 1. The molecule has 168 valence electrons. The molecule has 0 atom stereocenters. The number of aryl methyl sites for hydroxylation is 1. The highest BCUT2D eigenvalue weighted by Crippen LogP contribution is 2.32. The Balaban J connectivity index is 1.96. The van der Waals surface area contributed by atoms with Gasteiger partial charge in [-0.15, -0.1) is 0 Å². The zero-order valence-electron chi connectivity index (χ0n) is 17.4. The van der Waals surface area contributed by atoms with Crippen LogP contribution in [0.25, 0.3) is 6.08 Å². The lowest BCUT2D eigenvalue weighted by Gasteiger charge is -2.17. The second-order valence-corrected chi connectivity index (χ2v) is 7.81. The molecule has 1 N–H and O–H groups in total. The molecule has 1 amide bonds. The van der Waals surface area contributed by atoms with E-state index in [-0.39, 0.29) is 5.02 Å². The molecule has 0 aliphatic heterocycles. The van der Waals surface area contributed by atoms with Gasteiger partial charge in [-0.1, -0.05) is 49.2 Å². The van der Waals surface area contributed by atoms with Crippen molar-refractivity contribution in [3.63, 3.8) is 0 Å². The first-order valence-electron chi connectivity index (χ1n) is 10.0. The van der Waals surface area contributed by atoms with E-state index in [1.807, 2.05) is 6.07 Å². The summed E-state index contributed by atoms with van der Waals surface area (Å²) in [7, 11) is 0. The Labute approximate surface area is 190 Å². The molecule has 0 saturated heterocycles. The summed E-state index contributed by atoms with van der Waals surface area (Å²) in [5, 5.41) is 3.18. The fourth-order valence-corrected chi connectivity index (χ4v) is 3.57. The molecule has 3 nitrogen and oxygen atoms in total. The largest absolute Gasteiger partial charge is 0.416 e. The highest BCUT2D eigenvalue weighted by Gasteiger charge is 2.30. The van der Waals surface area contributed by atoms with E-state index in [1.54, 1.807) is 12.1 Å². The van der Waals surface area contributed by atoms with E-state index in [2.05, 4.69) is 24.1 Å². The molecule has 0 radical (unpaired) electrons. The predicted molar refractivity (Wildman–Crippen MR) is 122 cm³/mol. The van der Waals surface area contributed by atoms with Gasteiger partial charge in [-0.3, -0.25) is 4.79 Å². The van der Waals surface area contributed by atoms with Gasteiger partial charge in [0.2, 0.25) is 5.91 Å². The highest BCUT2D eigenvalue weighted by atomic mass is 35.5. The Kier molecular flexibility index (Phi) is 9.41. The number of hydrogen-bond acceptors (Lipinski definition) is 2. The van der Waals surface area contributed by atoms with Crippen molar-refractivity contribution in [2.45, 2.75) is 32.9 Å². The average molecular weight is 473 g/mol. The number of rotatable bonds is 9. The molecule has 0 bridgehead atoms. The van der Waals surface area contributed by atoms with E-state index in [4.69, 9.17) is 23.2 Å². The molecule has 0 aliphatic rings. The molecule has 0 aromatic heterocycles. The summed E-state index contributed by atoms with van der Waals surface area (Å²) in [5.41, 5.74) is 1.02. The fourth-order valence-electron chi connectivity index (χ4n) is 3.05. The van der Waals surface area contributed by atoms with Gasteiger partial charge in [0.25, 0.3) is 0 Å². The van der Waals surface area contributed by atoms with Crippen molar-refractivity contribution in [3.05, 3.63) is 69.2 Å². The maximum absolute atomic E-state index is 12.7. The lowest BCUT2D eigenvalue weighted by Crippen LogP contribution is -2.24. The minimum absolute atomic E-state index is 0.0871. The van der Waals surface area contributed by atoms with Crippen LogP contribution < -0.4 is 5.32 Å². The maximum Gasteiger partial charge on any atom is 0.416 e. The molecule has 0 heterocycles. The first-order valence-corrected chi connectivity index (χ1v) is 10.8. The SMILES string of the molecule is CCN(CC)CCCc1ccc(NC(=O)C=Cc2ccc(C(F)(F)F)cc2Cl)cc1Cl. The summed E-state index contributed by atoms with van der Waals surface area (Å²) < 4.78 is 38.1. The summed E-state index contributed by atoms with van der Waals surface area (Å²) in [6.45, 7) is 7.29. The van der Waals surface area contributed by atoms with Crippen LogP contribution in [0.2, 0.25) is 10.0 Å². The third-order valence-electron chi connectivity index (χ3n) is 4.88. The van der Waals surface area contributed by atoms with Crippen molar-refractivity contribution in [1.29, 1.82) is 0 Å². The van der Waals surface area contributed by atoms with Gasteiger partial charge >= 0.3 is 6.18 Å². The fraction of sp³-hybridized carbons (Fsp3) is 0.348. The number of anilines is 1. The van der Waals surface area contributed by atoms with E-state index in [9.17, 15) is 18.0 Å². The van der Waals surface area contributed by atoms with Crippen LogP contribution in [0.4, 0.5) is 18.9 Å². The average Bonchev–Trinajstić information content (AvgIpc) is 2.71. The standard InChI is InChI=1S/C23H25Cl2F3N2O/c1-3-30(4-2)13-5-6-16-8-11-19(15-21(16)25)29-22(31)12-9-17-7-10-18(14-20(17)24)23(26,27)28/h7-12,14-15H,3-6,13H2,1-2H3,(H,29,31). The monoisotopic (exact) mass is 472 g/mol. The van der Waals surface area contributed by atoms with Crippen molar-refractivity contribution in [2.75, 3.05) is 25.0 Å². The van der Waals surface area contributed by atoms with Crippen LogP contribution in [0.5, 0.6) is 0 Å². The van der Waals surface area contributed by atoms with E-state index in [0.717, 1.165) is 50.2 Å². The van der Waals surface area contributed by atoms with Gasteiger partial charge in [0.05, 0.1) is 5.56 Å². The van der Waals surface area contributed by atoms with Gasteiger partial charge in [-0.05, 0) is 73.9 Å². The van der Waals surface area contributed by atoms with Gasteiger partial charge in [0.15, 0.2) is 0 Å². The third kappa shape index (κ3) is 7.87.